The minimum Gasteiger partial charge on any atom is -0.504 e. The second-order valence-electron chi connectivity index (χ2n) is 5.44. The number of phenolic OH excluding ortho intramolecular Hbond substituents is 2. The fourth-order valence-corrected chi connectivity index (χ4v) is 3.46. The monoisotopic (exact) mass is 309 g/mol. The topological polar surface area (TPSA) is 60.8 Å². The first-order chi connectivity index (χ1) is 9.20. The molecule has 1 amide bonds. The Kier molecular flexibility index (Phi) is 3.80. The van der Waals surface area contributed by atoms with Crippen molar-refractivity contribution in [3.8, 4) is 11.5 Å². The minimum atomic E-state index is -0.367. The largest absolute Gasteiger partial charge is 0.504 e. The number of phenols is 2. The van der Waals surface area contributed by atoms with Crippen LogP contribution in [-0.4, -0.2) is 30.9 Å². The zero-order valence-electron chi connectivity index (χ0n) is 11.4. The minimum absolute atomic E-state index is 0.139. The smallest absolute Gasteiger partial charge is 0.266 e. The number of carbonyl (C=O) groups is 1. The molecule has 4 nitrogen and oxygen atoms in total. The summed E-state index contributed by atoms with van der Waals surface area (Å²) in [4.78, 5) is 14.4. The van der Waals surface area contributed by atoms with Crippen LogP contribution < -0.4 is 0 Å². The molecule has 0 radical (unpaired) electrons. The zero-order chi connectivity index (χ0) is 15.1. The molecule has 1 aromatic carbocycles. The van der Waals surface area contributed by atoms with Gasteiger partial charge in [0.1, 0.15) is 4.32 Å². The Morgan fingerprint density at radius 3 is 2.40 bits per heavy atom. The van der Waals surface area contributed by atoms with Crippen LogP contribution in [-0.2, 0) is 4.79 Å². The Morgan fingerprint density at radius 2 is 1.90 bits per heavy atom. The van der Waals surface area contributed by atoms with Gasteiger partial charge in [-0.3, -0.25) is 9.69 Å². The zero-order valence-corrected chi connectivity index (χ0v) is 13.0. The fraction of sp³-hybridized carbons (Fsp3) is 0.286. The van der Waals surface area contributed by atoms with Gasteiger partial charge in [0, 0.05) is 5.54 Å². The summed E-state index contributed by atoms with van der Waals surface area (Å²) < 4.78 is 0.525. The molecule has 1 aromatic rings. The number of nitrogens with zero attached hydrogens (tertiary/aromatic N) is 1. The normalized spacial score (nSPS) is 18.1. The van der Waals surface area contributed by atoms with Gasteiger partial charge in [-0.15, -0.1) is 0 Å². The molecule has 20 heavy (non-hydrogen) atoms. The van der Waals surface area contributed by atoms with E-state index < -0.39 is 0 Å². The van der Waals surface area contributed by atoms with E-state index in [-0.39, 0.29) is 22.9 Å². The third kappa shape index (κ3) is 2.81. The molecule has 0 aliphatic carbocycles. The van der Waals surface area contributed by atoms with E-state index in [1.54, 1.807) is 17.0 Å². The van der Waals surface area contributed by atoms with Gasteiger partial charge >= 0.3 is 0 Å². The van der Waals surface area contributed by atoms with Gasteiger partial charge in [0.05, 0.1) is 4.91 Å². The molecule has 106 valence electrons. The summed E-state index contributed by atoms with van der Waals surface area (Å²) in [5, 5.41) is 18.7. The van der Waals surface area contributed by atoms with Crippen LogP contribution in [0.15, 0.2) is 23.1 Å². The summed E-state index contributed by atoms with van der Waals surface area (Å²) in [6.07, 6.45) is 1.66. The van der Waals surface area contributed by atoms with Crippen molar-refractivity contribution in [3.63, 3.8) is 0 Å². The molecule has 1 heterocycles. The molecule has 1 saturated heterocycles. The maximum atomic E-state index is 12.4. The van der Waals surface area contributed by atoms with Crippen LogP contribution in [0.25, 0.3) is 6.08 Å². The van der Waals surface area contributed by atoms with E-state index in [9.17, 15) is 15.0 Å². The first kappa shape index (κ1) is 14.9. The maximum Gasteiger partial charge on any atom is 0.266 e. The first-order valence-corrected chi connectivity index (χ1v) is 7.22. The lowest BCUT2D eigenvalue weighted by atomic mass is 10.1. The highest BCUT2D eigenvalue weighted by Gasteiger charge is 2.38. The van der Waals surface area contributed by atoms with Gasteiger partial charge in [0.15, 0.2) is 11.5 Å². The molecule has 2 rings (SSSR count). The standard InChI is InChI=1S/C14H15NO3S2/c1-14(2,3)15-12(18)11(20-13(15)19)7-8-4-5-9(16)10(17)6-8/h4-7,16-17H,1-3H3/b11-7-. The van der Waals surface area contributed by atoms with Crippen molar-refractivity contribution < 1.29 is 15.0 Å². The summed E-state index contributed by atoms with van der Waals surface area (Å²) >= 11 is 6.48. The SMILES string of the molecule is CC(C)(C)N1C(=O)/C(=C/c2ccc(O)c(O)c2)SC1=S. The number of hydrogen-bond donors (Lipinski definition) is 2. The molecule has 2 N–H and O–H groups in total. The average molecular weight is 309 g/mol. The van der Waals surface area contributed by atoms with Crippen LogP contribution >= 0.6 is 24.0 Å². The summed E-state index contributed by atoms with van der Waals surface area (Å²) in [6, 6.07) is 4.41. The lowest BCUT2D eigenvalue weighted by Crippen LogP contribution is -2.44. The van der Waals surface area contributed by atoms with Gasteiger partial charge in [-0.25, -0.2) is 0 Å². The molecule has 6 heteroatoms. The van der Waals surface area contributed by atoms with Gasteiger partial charge in [0.2, 0.25) is 0 Å². The summed E-state index contributed by atoms with van der Waals surface area (Å²) in [5.74, 6) is -0.547. The third-order valence-corrected chi connectivity index (χ3v) is 4.06. The Morgan fingerprint density at radius 1 is 1.25 bits per heavy atom. The number of benzene rings is 1. The van der Waals surface area contributed by atoms with Gasteiger partial charge in [-0.05, 0) is 44.5 Å². The molecule has 0 bridgehead atoms. The number of amides is 1. The molecule has 0 aromatic heterocycles. The summed E-state index contributed by atoms with van der Waals surface area (Å²) in [7, 11) is 0. The molecular weight excluding hydrogens is 294 g/mol. The van der Waals surface area contributed by atoms with Crippen molar-refractivity contribution in [1.29, 1.82) is 0 Å². The third-order valence-electron chi connectivity index (χ3n) is 2.76. The van der Waals surface area contributed by atoms with Crippen molar-refractivity contribution in [1.82, 2.24) is 4.90 Å². The predicted octanol–water partition coefficient (Wildman–Crippen LogP) is 3.10. The number of carbonyl (C=O) groups excluding carboxylic acids is 1. The molecule has 1 aliphatic heterocycles. The van der Waals surface area contributed by atoms with Crippen LogP contribution in [0.3, 0.4) is 0 Å². The van der Waals surface area contributed by atoms with Crippen molar-refractivity contribution in [2.75, 3.05) is 0 Å². The van der Waals surface area contributed by atoms with Gasteiger partial charge in [-0.2, -0.15) is 0 Å². The number of aromatic hydroxyl groups is 2. The van der Waals surface area contributed by atoms with Gasteiger partial charge in [0.25, 0.3) is 5.91 Å². The highest BCUT2D eigenvalue weighted by Crippen LogP contribution is 2.37. The lowest BCUT2D eigenvalue weighted by molar-refractivity contribution is -0.125. The quantitative estimate of drug-likeness (QED) is 0.474. The number of rotatable bonds is 1. The number of thiocarbonyl (C=S) groups is 1. The summed E-state index contributed by atoms with van der Waals surface area (Å²) in [6.45, 7) is 5.77. The van der Waals surface area contributed by atoms with Crippen LogP contribution in [0, 0.1) is 0 Å². The van der Waals surface area contributed by atoms with E-state index in [0.29, 0.717) is 14.8 Å². The van der Waals surface area contributed by atoms with E-state index in [1.807, 2.05) is 20.8 Å². The Labute approximate surface area is 127 Å². The number of thioether (sulfide) groups is 1. The van der Waals surface area contributed by atoms with Crippen molar-refractivity contribution in [3.05, 3.63) is 28.7 Å². The highest BCUT2D eigenvalue weighted by atomic mass is 32.2. The Bertz CT molecular complexity index is 617. The second kappa shape index (κ2) is 5.10. The molecule has 0 unspecified atom stereocenters. The van der Waals surface area contributed by atoms with Crippen molar-refractivity contribution in [2.45, 2.75) is 26.3 Å². The van der Waals surface area contributed by atoms with E-state index >= 15 is 0 Å². The van der Waals surface area contributed by atoms with Gasteiger partial charge < -0.3 is 10.2 Å². The Hall–Kier alpha value is -1.53. The predicted molar refractivity (Wildman–Crippen MR) is 84.5 cm³/mol. The van der Waals surface area contributed by atoms with E-state index in [1.165, 1.54) is 23.9 Å². The molecule has 0 atom stereocenters. The van der Waals surface area contributed by atoms with Crippen LogP contribution in [0.5, 0.6) is 11.5 Å². The van der Waals surface area contributed by atoms with E-state index in [4.69, 9.17) is 12.2 Å². The molecular formula is C14H15NO3S2. The molecule has 0 saturated carbocycles. The van der Waals surface area contributed by atoms with Crippen LogP contribution in [0.4, 0.5) is 0 Å². The second-order valence-corrected chi connectivity index (χ2v) is 7.11. The molecule has 0 spiro atoms. The molecule has 1 aliphatic rings. The van der Waals surface area contributed by atoms with Crippen molar-refractivity contribution in [2.24, 2.45) is 0 Å². The lowest BCUT2D eigenvalue weighted by Gasteiger charge is -2.30. The van der Waals surface area contributed by atoms with Crippen LogP contribution in [0.2, 0.25) is 0 Å². The average Bonchev–Trinajstić information content (AvgIpc) is 2.58. The number of hydrogen-bond acceptors (Lipinski definition) is 5. The van der Waals surface area contributed by atoms with E-state index in [2.05, 4.69) is 0 Å². The van der Waals surface area contributed by atoms with Gasteiger partial charge in [-0.1, -0.05) is 30.0 Å². The van der Waals surface area contributed by atoms with Crippen molar-refractivity contribution >= 4 is 40.3 Å². The first-order valence-electron chi connectivity index (χ1n) is 6.00. The van der Waals surface area contributed by atoms with E-state index in [0.717, 1.165) is 0 Å². The highest BCUT2D eigenvalue weighted by molar-refractivity contribution is 8.26. The maximum absolute atomic E-state index is 12.4. The summed E-state index contributed by atoms with van der Waals surface area (Å²) in [5.41, 5.74) is 0.267. The fourth-order valence-electron chi connectivity index (χ4n) is 1.83. The molecule has 1 fully saturated rings. The Balaban J connectivity index is 2.35. The van der Waals surface area contributed by atoms with Crippen LogP contribution in [0.1, 0.15) is 26.3 Å².